The summed E-state index contributed by atoms with van der Waals surface area (Å²) in [6.07, 6.45) is 5.29. The molecule has 2 aromatic heterocycles. The minimum absolute atomic E-state index is 0.123. The Hall–Kier alpha value is -4.17. The van der Waals surface area contributed by atoms with E-state index in [-0.39, 0.29) is 19.0 Å². The molecule has 0 fully saturated rings. The summed E-state index contributed by atoms with van der Waals surface area (Å²) in [5.74, 6) is 2.33. The van der Waals surface area contributed by atoms with E-state index in [4.69, 9.17) is 11.5 Å². The quantitative estimate of drug-likeness (QED) is 0.372. The number of fused-ring (bicyclic) bond motifs is 6. The van der Waals surface area contributed by atoms with Gasteiger partial charge in [-0.1, -0.05) is 64.1 Å². The summed E-state index contributed by atoms with van der Waals surface area (Å²) in [6, 6.07) is 22.8. The number of para-hydroxylation sites is 2. The number of amides is 1. The predicted octanol–water partition coefficient (Wildman–Crippen LogP) is 3.42. The number of benzene rings is 3. The maximum Gasteiger partial charge on any atom is 0.309 e. The van der Waals surface area contributed by atoms with Crippen molar-refractivity contribution in [1.29, 1.82) is 0 Å². The second-order valence-corrected chi connectivity index (χ2v) is 7.44. The molecule has 2 heterocycles. The Morgan fingerprint density at radius 2 is 1.83 bits per heavy atom. The first-order valence-corrected chi connectivity index (χ1v) is 9.83. The first kappa shape index (κ1) is 16.8. The molecule has 5 nitrogen and oxygen atoms in total. The minimum atomic E-state index is -0.123. The number of hydrogen-bond acceptors (Lipinski definition) is 2. The molecule has 0 aliphatic rings. The summed E-state index contributed by atoms with van der Waals surface area (Å²) >= 11 is 0. The average molecular weight is 389 g/mol. The van der Waals surface area contributed by atoms with Crippen molar-refractivity contribution in [3.05, 3.63) is 66.7 Å². The standard InChI is InChI=1S/C25H16N4O/c1-2-13-26-22(30)15-28-20-11-3-4-12-21(20)29-23(28)14-19-17-9-5-7-16-8-6-10-18(24(16)17)25(19)27-29/h1,3-12,14H,13,15H2/p+1. The lowest BCUT2D eigenvalue weighted by molar-refractivity contribution is -0.632. The van der Waals surface area contributed by atoms with E-state index < -0.39 is 0 Å². The highest BCUT2D eigenvalue weighted by Crippen LogP contribution is 2.37. The smallest absolute Gasteiger partial charge is 0.309 e. The Morgan fingerprint density at radius 3 is 2.67 bits per heavy atom. The van der Waals surface area contributed by atoms with E-state index in [0.717, 1.165) is 33.0 Å². The van der Waals surface area contributed by atoms with Crippen molar-refractivity contribution in [3.8, 4) is 12.3 Å². The van der Waals surface area contributed by atoms with Gasteiger partial charge in [-0.2, -0.15) is 0 Å². The highest BCUT2D eigenvalue weighted by Gasteiger charge is 2.25. The topological polar surface area (TPSA) is 50.3 Å². The third kappa shape index (κ3) is 2.22. The third-order valence-electron chi connectivity index (χ3n) is 5.76. The first-order valence-electron chi connectivity index (χ1n) is 9.83. The van der Waals surface area contributed by atoms with E-state index in [1.165, 1.54) is 16.2 Å². The summed E-state index contributed by atoms with van der Waals surface area (Å²) in [4.78, 5) is 12.5. The fourth-order valence-electron chi connectivity index (χ4n) is 4.51. The molecule has 5 heteroatoms. The van der Waals surface area contributed by atoms with Gasteiger partial charge in [0.15, 0.2) is 12.1 Å². The van der Waals surface area contributed by atoms with Crippen LogP contribution < -0.4 is 9.88 Å². The van der Waals surface area contributed by atoms with Crippen LogP contribution in [0.1, 0.15) is 0 Å². The summed E-state index contributed by atoms with van der Waals surface area (Å²) < 4.78 is 3.94. The van der Waals surface area contributed by atoms with Gasteiger partial charge in [0.25, 0.3) is 5.91 Å². The van der Waals surface area contributed by atoms with Gasteiger partial charge < -0.3 is 5.32 Å². The maximum absolute atomic E-state index is 12.5. The number of carbonyl (C=O) groups is 1. The van der Waals surface area contributed by atoms with Crippen molar-refractivity contribution in [2.24, 2.45) is 0 Å². The van der Waals surface area contributed by atoms with Crippen LogP contribution in [0.25, 0.3) is 49.1 Å². The van der Waals surface area contributed by atoms with Gasteiger partial charge in [-0.3, -0.25) is 4.79 Å². The minimum Gasteiger partial charge on any atom is -0.342 e. The molecule has 0 spiro atoms. The predicted molar refractivity (Wildman–Crippen MR) is 118 cm³/mol. The molecule has 0 saturated carbocycles. The van der Waals surface area contributed by atoms with Gasteiger partial charge in [0, 0.05) is 16.8 Å². The lowest BCUT2D eigenvalue weighted by Crippen LogP contribution is -2.43. The zero-order valence-electron chi connectivity index (χ0n) is 16.1. The van der Waals surface area contributed by atoms with Crippen molar-refractivity contribution < 1.29 is 9.36 Å². The van der Waals surface area contributed by atoms with Crippen LogP contribution in [0.4, 0.5) is 0 Å². The molecule has 0 saturated heterocycles. The van der Waals surface area contributed by atoms with Gasteiger partial charge in [-0.15, -0.1) is 6.42 Å². The van der Waals surface area contributed by atoms with Gasteiger partial charge in [0.2, 0.25) is 5.52 Å². The summed E-state index contributed by atoms with van der Waals surface area (Å²) in [6.45, 7) is 0.393. The summed E-state index contributed by atoms with van der Waals surface area (Å²) in [7, 11) is 0. The average Bonchev–Trinajstić information content (AvgIpc) is 3.26. The third-order valence-corrected chi connectivity index (χ3v) is 5.76. The molecule has 1 amide bonds. The molecule has 6 aromatic rings. The number of nitrogens with one attached hydrogen (secondary N) is 1. The lowest BCUT2D eigenvalue weighted by atomic mass is 10.1. The van der Waals surface area contributed by atoms with Gasteiger partial charge in [0.1, 0.15) is 5.52 Å². The first-order chi connectivity index (χ1) is 14.8. The van der Waals surface area contributed by atoms with Crippen molar-refractivity contribution in [3.63, 3.8) is 0 Å². The van der Waals surface area contributed by atoms with Crippen LogP contribution in [0, 0.1) is 12.3 Å². The Morgan fingerprint density at radius 1 is 1.03 bits per heavy atom. The number of imidazole rings is 1. The number of carbonyl (C=O) groups excluding carboxylic acids is 1. The number of nitrogens with zero attached hydrogens (tertiary/aromatic N) is 3. The number of terminal acetylenes is 1. The SMILES string of the molecule is C#CCNC(=O)C[n+]1c2ccccc2n2nc3c(cc21)c1cccc2cccc3c21. The monoisotopic (exact) mass is 389 g/mol. The van der Waals surface area contributed by atoms with E-state index in [0.29, 0.717) is 0 Å². The van der Waals surface area contributed by atoms with Gasteiger partial charge in [0.05, 0.1) is 6.54 Å². The molecule has 30 heavy (non-hydrogen) atoms. The molecule has 4 aromatic carbocycles. The number of aromatic nitrogens is 3. The molecule has 0 radical (unpaired) electrons. The number of hydrogen-bond donors (Lipinski definition) is 1. The molecule has 0 aliphatic carbocycles. The largest absolute Gasteiger partial charge is 0.342 e. The Labute approximate surface area is 171 Å². The molecule has 6 rings (SSSR count). The fraction of sp³-hybridized carbons (Fsp3) is 0.0800. The highest BCUT2D eigenvalue weighted by molar-refractivity contribution is 6.29. The second-order valence-electron chi connectivity index (χ2n) is 7.44. The van der Waals surface area contributed by atoms with Crippen LogP contribution in [0.15, 0.2) is 66.7 Å². The van der Waals surface area contributed by atoms with E-state index >= 15 is 0 Å². The zero-order valence-corrected chi connectivity index (χ0v) is 16.1. The van der Waals surface area contributed by atoms with Crippen molar-refractivity contribution in [2.75, 3.05) is 6.54 Å². The Bertz CT molecular complexity index is 1650. The summed E-state index contributed by atoms with van der Waals surface area (Å²) in [5.41, 5.74) is 3.76. The molecular weight excluding hydrogens is 372 g/mol. The van der Waals surface area contributed by atoms with E-state index in [2.05, 4.69) is 53.7 Å². The zero-order chi connectivity index (χ0) is 20.2. The van der Waals surface area contributed by atoms with Crippen LogP contribution in [0.2, 0.25) is 0 Å². The van der Waals surface area contributed by atoms with E-state index in [1.807, 2.05) is 33.3 Å². The van der Waals surface area contributed by atoms with E-state index in [9.17, 15) is 4.79 Å². The maximum atomic E-state index is 12.5. The van der Waals surface area contributed by atoms with Crippen LogP contribution in [0.5, 0.6) is 0 Å². The fourth-order valence-corrected chi connectivity index (χ4v) is 4.51. The molecule has 0 aliphatic heterocycles. The van der Waals surface area contributed by atoms with Crippen LogP contribution in [0.3, 0.4) is 0 Å². The van der Waals surface area contributed by atoms with Crippen LogP contribution in [-0.4, -0.2) is 22.1 Å². The van der Waals surface area contributed by atoms with Gasteiger partial charge in [-0.05, 0) is 28.3 Å². The number of rotatable bonds is 3. The van der Waals surface area contributed by atoms with Crippen LogP contribution >= 0.6 is 0 Å². The lowest BCUT2D eigenvalue weighted by Gasteiger charge is -2.00. The molecular formula is C25H17N4O+. The highest BCUT2D eigenvalue weighted by atomic mass is 16.1. The second kappa shape index (κ2) is 6.16. The van der Waals surface area contributed by atoms with Crippen molar-refractivity contribution in [1.82, 2.24) is 14.9 Å². The van der Waals surface area contributed by atoms with Gasteiger partial charge >= 0.3 is 5.65 Å². The normalized spacial score (nSPS) is 11.7. The Kier molecular flexibility index (Phi) is 3.44. The molecule has 1 N–H and O–H groups in total. The van der Waals surface area contributed by atoms with Crippen LogP contribution in [-0.2, 0) is 11.3 Å². The Balaban J connectivity index is 1.72. The van der Waals surface area contributed by atoms with Gasteiger partial charge in [-0.25, -0.2) is 4.57 Å². The molecule has 142 valence electrons. The van der Waals surface area contributed by atoms with E-state index in [1.54, 1.807) is 0 Å². The molecule has 0 bridgehead atoms. The molecule has 0 atom stereocenters. The summed E-state index contributed by atoms with van der Waals surface area (Å²) in [5, 5.41) is 13.7. The van der Waals surface area contributed by atoms with Crippen molar-refractivity contribution in [2.45, 2.75) is 6.54 Å². The van der Waals surface area contributed by atoms with Crippen molar-refractivity contribution >= 4 is 55.0 Å². The molecule has 0 unspecified atom stereocenters.